The quantitative estimate of drug-likeness (QED) is 0.463. The Labute approximate surface area is 150 Å². The van der Waals surface area contributed by atoms with Gasteiger partial charge < -0.3 is 0 Å². The number of hydrogen-bond acceptors (Lipinski definition) is 4. The first kappa shape index (κ1) is 15.5. The van der Waals surface area contributed by atoms with Crippen LogP contribution in [0.2, 0.25) is 0 Å². The second-order valence-corrected chi connectivity index (χ2v) is 7.03. The Bertz CT molecular complexity index is 997. The van der Waals surface area contributed by atoms with Crippen LogP contribution in [0.1, 0.15) is 10.7 Å². The van der Waals surface area contributed by atoms with Gasteiger partial charge in [-0.05, 0) is 35.7 Å². The Morgan fingerprint density at radius 1 is 1.08 bits per heavy atom. The Balaban J connectivity index is 1.94. The molecule has 0 atom stereocenters. The normalized spacial score (nSPS) is 11.5. The molecule has 0 saturated carbocycles. The maximum absolute atomic E-state index is 13.1. The van der Waals surface area contributed by atoms with Crippen molar-refractivity contribution in [3.63, 3.8) is 0 Å². The van der Waals surface area contributed by atoms with Gasteiger partial charge in [-0.2, -0.15) is 9.61 Å². The number of nitrogens with zero attached hydrogens (tertiary/aromatic N) is 4. The zero-order chi connectivity index (χ0) is 16.7. The van der Waals surface area contributed by atoms with E-state index in [-0.39, 0.29) is 5.82 Å². The van der Waals surface area contributed by atoms with Crippen LogP contribution < -0.4 is 0 Å². The molecular formula is C16H9Cl2FN4S. The van der Waals surface area contributed by atoms with Crippen molar-refractivity contribution in [2.75, 3.05) is 0 Å². The zero-order valence-corrected chi connectivity index (χ0v) is 14.4. The number of aromatic nitrogens is 4. The molecule has 1 aromatic carbocycles. The Hall–Kier alpha value is -2.02. The first-order valence-corrected chi connectivity index (χ1v) is 8.73. The standard InChI is InChI=1S/C16H9Cl2FN4S/c17-14(18)15-20-13-8-11(9-3-5-10(19)6-4-9)22-23(13)16(21-15)12-2-1-7-24-12/h1-8,14H. The summed E-state index contributed by atoms with van der Waals surface area (Å²) < 4.78 is 14.8. The van der Waals surface area contributed by atoms with Gasteiger partial charge in [0.25, 0.3) is 0 Å². The van der Waals surface area contributed by atoms with Crippen LogP contribution >= 0.6 is 34.5 Å². The summed E-state index contributed by atoms with van der Waals surface area (Å²) in [6, 6.07) is 11.8. The van der Waals surface area contributed by atoms with Crippen LogP contribution in [0.4, 0.5) is 4.39 Å². The molecular weight excluding hydrogens is 370 g/mol. The van der Waals surface area contributed by atoms with Gasteiger partial charge in [0.05, 0.1) is 10.6 Å². The summed E-state index contributed by atoms with van der Waals surface area (Å²) in [6.45, 7) is 0. The molecule has 0 radical (unpaired) electrons. The highest BCUT2D eigenvalue weighted by atomic mass is 35.5. The zero-order valence-electron chi connectivity index (χ0n) is 12.0. The highest BCUT2D eigenvalue weighted by Crippen LogP contribution is 2.29. The minimum Gasteiger partial charge on any atom is -0.211 e. The molecule has 0 aliphatic carbocycles. The molecule has 8 heteroatoms. The molecule has 120 valence electrons. The smallest absolute Gasteiger partial charge is 0.175 e. The molecule has 3 heterocycles. The monoisotopic (exact) mass is 378 g/mol. The third-order valence-electron chi connectivity index (χ3n) is 3.42. The average Bonchev–Trinajstić information content (AvgIpc) is 3.24. The molecule has 24 heavy (non-hydrogen) atoms. The number of rotatable bonds is 3. The topological polar surface area (TPSA) is 43.1 Å². The summed E-state index contributed by atoms with van der Waals surface area (Å²) in [4.78, 5) is 8.89. The fourth-order valence-electron chi connectivity index (χ4n) is 2.33. The van der Waals surface area contributed by atoms with Crippen molar-refractivity contribution >= 4 is 40.2 Å². The number of alkyl halides is 2. The van der Waals surface area contributed by atoms with Crippen molar-refractivity contribution in [1.29, 1.82) is 0 Å². The van der Waals surface area contributed by atoms with E-state index in [1.807, 2.05) is 17.5 Å². The second kappa shape index (κ2) is 6.12. The van der Waals surface area contributed by atoms with Gasteiger partial charge in [0.1, 0.15) is 5.82 Å². The van der Waals surface area contributed by atoms with Crippen LogP contribution in [0.5, 0.6) is 0 Å². The van der Waals surface area contributed by atoms with Gasteiger partial charge >= 0.3 is 0 Å². The van der Waals surface area contributed by atoms with Gasteiger partial charge in [0.15, 0.2) is 22.1 Å². The van der Waals surface area contributed by atoms with Crippen molar-refractivity contribution < 1.29 is 4.39 Å². The fraction of sp³-hybridized carbons (Fsp3) is 0.0625. The van der Waals surface area contributed by atoms with Crippen LogP contribution in [0, 0.1) is 5.82 Å². The lowest BCUT2D eigenvalue weighted by atomic mass is 10.1. The van der Waals surface area contributed by atoms with Crippen molar-refractivity contribution in [3.05, 3.63) is 59.5 Å². The Kier molecular flexibility index (Phi) is 3.96. The maximum Gasteiger partial charge on any atom is 0.175 e. The predicted octanol–water partition coefficient (Wildman–Crippen LogP) is 5.14. The van der Waals surface area contributed by atoms with E-state index in [1.54, 1.807) is 22.7 Å². The minimum atomic E-state index is -0.835. The maximum atomic E-state index is 13.1. The van der Waals surface area contributed by atoms with Crippen LogP contribution in [-0.4, -0.2) is 19.6 Å². The first-order chi connectivity index (χ1) is 11.6. The van der Waals surface area contributed by atoms with Gasteiger partial charge in [0, 0.05) is 11.6 Å². The van der Waals surface area contributed by atoms with Crippen LogP contribution in [-0.2, 0) is 0 Å². The van der Waals surface area contributed by atoms with Gasteiger partial charge in [-0.1, -0.05) is 29.3 Å². The number of fused-ring (bicyclic) bond motifs is 1. The average molecular weight is 379 g/mol. The molecule has 0 aliphatic heterocycles. The second-order valence-electron chi connectivity index (χ2n) is 4.99. The molecule has 3 aromatic heterocycles. The highest BCUT2D eigenvalue weighted by Gasteiger charge is 2.17. The van der Waals surface area contributed by atoms with Crippen molar-refractivity contribution in [2.45, 2.75) is 4.84 Å². The van der Waals surface area contributed by atoms with E-state index in [4.69, 9.17) is 23.2 Å². The summed E-state index contributed by atoms with van der Waals surface area (Å²) in [5, 5.41) is 6.51. The molecule has 0 bridgehead atoms. The van der Waals surface area contributed by atoms with Gasteiger partial charge in [0.2, 0.25) is 0 Å². The van der Waals surface area contributed by atoms with E-state index in [1.165, 1.54) is 23.5 Å². The summed E-state index contributed by atoms with van der Waals surface area (Å²) >= 11 is 13.4. The van der Waals surface area contributed by atoms with E-state index in [0.717, 1.165) is 10.4 Å². The molecule has 0 spiro atoms. The Morgan fingerprint density at radius 3 is 2.54 bits per heavy atom. The molecule has 0 saturated heterocycles. The van der Waals surface area contributed by atoms with Gasteiger partial charge in [-0.15, -0.1) is 11.3 Å². The molecule has 0 aliphatic rings. The molecule has 0 fully saturated rings. The first-order valence-electron chi connectivity index (χ1n) is 6.97. The van der Waals surface area contributed by atoms with Crippen LogP contribution in [0.15, 0.2) is 47.8 Å². The third-order valence-corrected chi connectivity index (χ3v) is 4.67. The van der Waals surface area contributed by atoms with Crippen LogP contribution in [0.25, 0.3) is 27.6 Å². The van der Waals surface area contributed by atoms with Crippen molar-refractivity contribution in [1.82, 2.24) is 19.6 Å². The lowest BCUT2D eigenvalue weighted by Crippen LogP contribution is -2.04. The molecule has 4 nitrogen and oxygen atoms in total. The van der Waals surface area contributed by atoms with E-state index in [9.17, 15) is 4.39 Å². The third kappa shape index (κ3) is 2.77. The molecule has 4 aromatic rings. The highest BCUT2D eigenvalue weighted by molar-refractivity contribution is 7.13. The summed E-state index contributed by atoms with van der Waals surface area (Å²) in [5.41, 5.74) is 2.03. The van der Waals surface area contributed by atoms with Crippen LogP contribution in [0.3, 0.4) is 0 Å². The van der Waals surface area contributed by atoms with Crippen molar-refractivity contribution in [3.8, 4) is 22.0 Å². The number of thiophene rings is 1. The van der Waals surface area contributed by atoms with E-state index < -0.39 is 4.84 Å². The van der Waals surface area contributed by atoms with E-state index >= 15 is 0 Å². The fourth-order valence-corrected chi connectivity index (χ4v) is 3.22. The number of benzene rings is 1. The molecule has 0 amide bonds. The summed E-state index contributed by atoms with van der Waals surface area (Å²) in [6.07, 6.45) is 0. The molecule has 0 N–H and O–H groups in total. The molecule has 0 unspecified atom stereocenters. The van der Waals surface area contributed by atoms with E-state index in [0.29, 0.717) is 23.0 Å². The minimum absolute atomic E-state index is 0.295. The molecule has 4 rings (SSSR count). The van der Waals surface area contributed by atoms with Gasteiger partial charge in [-0.25, -0.2) is 14.4 Å². The predicted molar refractivity (Wildman–Crippen MR) is 93.9 cm³/mol. The largest absolute Gasteiger partial charge is 0.211 e. The SMILES string of the molecule is Fc1ccc(-c2cc3nc(C(Cl)Cl)nc(-c4cccs4)n3n2)cc1. The van der Waals surface area contributed by atoms with Gasteiger partial charge in [-0.3, -0.25) is 0 Å². The van der Waals surface area contributed by atoms with E-state index in [2.05, 4.69) is 15.1 Å². The van der Waals surface area contributed by atoms with Crippen molar-refractivity contribution in [2.24, 2.45) is 0 Å². The number of halogens is 3. The lowest BCUT2D eigenvalue weighted by molar-refractivity contribution is 0.628. The number of hydrogen-bond donors (Lipinski definition) is 0. The summed E-state index contributed by atoms with van der Waals surface area (Å²) in [7, 11) is 0. The lowest BCUT2D eigenvalue weighted by Gasteiger charge is -2.05. The Morgan fingerprint density at radius 2 is 1.88 bits per heavy atom. The summed E-state index contributed by atoms with van der Waals surface area (Å²) in [5.74, 6) is 0.639.